The van der Waals surface area contributed by atoms with E-state index in [4.69, 9.17) is 4.42 Å². The first kappa shape index (κ1) is 14.5. The maximum atomic E-state index is 11.2. The molecule has 0 bridgehead atoms. The minimum Gasteiger partial charge on any atom is -0.464 e. The molecule has 0 aromatic carbocycles. The van der Waals surface area contributed by atoms with Gasteiger partial charge >= 0.3 is 5.97 Å². The number of methoxy groups -OCH3 is 1. The van der Waals surface area contributed by atoms with Gasteiger partial charge in [-0.15, -0.1) is 10.2 Å². The average molecular weight is 297 g/mol. The van der Waals surface area contributed by atoms with Crippen LogP contribution in [0.25, 0.3) is 0 Å². The first-order valence-corrected chi connectivity index (χ1v) is 6.82. The second-order valence-electron chi connectivity index (χ2n) is 3.89. The predicted molar refractivity (Wildman–Crippen MR) is 71.2 cm³/mol. The molecule has 0 saturated heterocycles. The molecule has 0 aliphatic carbocycles. The van der Waals surface area contributed by atoms with Gasteiger partial charge < -0.3 is 19.0 Å². The van der Waals surface area contributed by atoms with Gasteiger partial charge in [-0.1, -0.05) is 11.8 Å². The molecule has 20 heavy (non-hydrogen) atoms. The fourth-order valence-electron chi connectivity index (χ4n) is 1.48. The smallest absolute Gasteiger partial charge is 0.360 e. The lowest BCUT2D eigenvalue weighted by molar-refractivity contribution is 0.0594. The Hall–Kier alpha value is -1.87. The molecule has 2 aromatic rings. The minimum absolute atomic E-state index is 0.164. The van der Waals surface area contributed by atoms with Gasteiger partial charge in [0.1, 0.15) is 12.1 Å². The van der Waals surface area contributed by atoms with Crippen LogP contribution in [0.2, 0.25) is 0 Å². The molecular weight excluding hydrogens is 282 g/mol. The van der Waals surface area contributed by atoms with Gasteiger partial charge in [0.15, 0.2) is 10.9 Å². The van der Waals surface area contributed by atoms with E-state index in [1.165, 1.54) is 25.1 Å². The Morgan fingerprint density at radius 2 is 2.35 bits per heavy atom. The van der Waals surface area contributed by atoms with Crippen LogP contribution in [-0.4, -0.2) is 39.9 Å². The first-order chi connectivity index (χ1) is 9.65. The van der Waals surface area contributed by atoms with Crippen molar-refractivity contribution in [1.29, 1.82) is 0 Å². The number of ether oxygens (including phenoxy) is 1. The van der Waals surface area contributed by atoms with Gasteiger partial charge in [0.05, 0.1) is 19.4 Å². The lowest BCUT2D eigenvalue weighted by Gasteiger charge is -2.01. The van der Waals surface area contributed by atoms with Gasteiger partial charge in [0.25, 0.3) is 0 Å². The van der Waals surface area contributed by atoms with E-state index in [1.54, 1.807) is 0 Å². The van der Waals surface area contributed by atoms with Crippen LogP contribution in [0.3, 0.4) is 0 Å². The van der Waals surface area contributed by atoms with Crippen LogP contribution in [0.1, 0.15) is 22.2 Å². The fraction of sp³-hybridized carbons (Fsp3) is 0.455. The van der Waals surface area contributed by atoms with Gasteiger partial charge in [-0.2, -0.15) is 0 Å². The van der Waals surface area contributed by atoms with Crippen molar-refractivity contribution in [3.63, 3.8) is 0 Å². The van der Waals surface area contributed by atoms with E-state index in [1.807, 2.05) is 18.7 Å². The summed E-state index contributed by atoms with van der Waals surface area (Å²) in [6.45, 7) is 0.648. The molecule has 2 heterocycles. The Morgan fingerprint density at radius 1 is 1.55 bits per heavy atom. The Bertz CT molecular complexity index is 595. The SMILES string of the molecule is CNCc1nnc(SCc2nc(C(=O)OC)co2)n1C. The number of rotatable bonds is 6. The summed E-state index contributed by atoms with van der Waals surface area (Å²) < 4.78 is 11.7. The highest BCUT2D eigenvalue weighted by molar-refractivity contribution is 7.98. The third-order valence-electron chi connectivity index (χ3n) is 2.53. The van der Waals surface area contributed by atoms with Crippen molar-refractivity contribution in [2.45, 2.75) is 17.5 Å². The number of carbonyl (C=O) groups excluding carboxylic acids is 1. The largest absolute Gasteiger partial charge is 0.464 e. The van der Waals surface area contributed by atoms with Crippen LogP contribution in [0, 0.1) is 0 Å². The van der Waals surface area contributed by atoms with E-state index in [-0.39, 0.29) is 5.69 Å². The highest BCUT2D eigenvalue weighted by atomic mass is 32.2. The van der Waals surface area contributed by atoms with Gasteiger partial charge in [-0.25, -0.2) is 9.78 Å². The molecule has 0 amide bonds. The highest BCUT2D eigenvalue weighted by Gasteiger charge is 2.14. The van der Waals surface area contributed by atoms with Crippen LogP contribution < -0.4 is 5.32 Å². The second-order valence-corrected chi connectivity index (χ2v) is 4.84. The number of nitrogens with one attached hydrogen (secondary N) is 1. The normalized spacial score (nSPS) is 10.8. The topological polar surface area (TPSA) is 95.1 Å². The standard InChI is InChI=1S/C11H15N5O3S/c1-12-4-8-14-15-11(16(8)2)20-6-9-13-7(5-19-9)10(17)18-3/h5,12H,4,6H2,1-3H3. The Balaban J connectivity index is 1.98. The molecular formula is C11H15N5O3S. The van der Waals surface area contributed by atoms with Crippen molar-refractivity contribution < 1.29 is 13.9 Å². The van der Waals surface area contributed by atoms with Crippen molar-refractivity contribution in [2.75, 3.05) is 14.2 Å². The second kappa shape index (κ2) is 6.53. The zero-order valence-corrected chi connectivity index (χ0v) is 12.2. The van der Waals surface area contributed by atoms with Crippen molar-refractivity contribution in [2.24, 2.45) is 7.05 Å². The lowest BCUT2D eigenvalue weighted by Crippen LogP contribution is -2.10. The zero-order valence-electron chi connectivity index (χ0n) is 11.4. The molecule has 0 radical (unpaired) electrons. The Kier molecular flexibility index (Phi) is 4.74. The van der Waals surface area contributed by atoms with E-state index < -0.39 is 5.97 Å². The van der Waals surface area contributed by atoms with Crippen molar-refractivity contribution in [3.8, 4) is 0 Å². The van der Waals surface area contributed by atoms with Gasteiger partial charge in [-0.05, 0) is 7.05 Å². The Morgan fingerprint density at radius 3 is 3.05 bits per heavy atom. The fourth-order valence-corrected chi connectivity index (χ4v) is 2.27. The van der Waals surface area contributed by atoms with Crippen molar-refractivity contribution >= 4 is 17.7 Å². The van der Waals surface area contributed by atoms with Gasteiger partial charge in [-0.3, -0.25) is 0 Å². The quantitative estimate of drug-likeness (QED) is 0.612. The molecule has 2 aromatic heterocycles. The molecule has 0 saturated carbocycles. The van der Waals surface area contributed by atoms with Crippen molar-refractivity contribution in [3.05, 3.63) is 23.7 Å². The first-order valence-electron chi connectivity index (χ1n) is 5.84. The van der Waals surface area contributed by atoms with Gasteiger partial charge in [0.2, 0.25) is 5.89 Å². The number of oxazole rings is 1. The van der Waals surface area contributed by atoms with Crippen LogP contribution in [0.4, 0.5) is 0 Å². The molecule has 2 rings (SSSR count). The average Bonchev–Trinajstić information content (AvgIpc) is 3.05. The summed E-state index contributed by atoms with van der Waals surface area (Å²) in [5.74, 6) is 1.23. The summed E-state index contributed by atoms with van der Waals surface area (Å²) >= 11 is 1.43. The number of aromatic nitrogens is 4. The monoisotopic (exact) mass is 297 g/mol. The number of esters is 1. The molecule has 1 N–H and O–H groups in total. The summed E-state index contributed by atoms with van der Waals surface area (Å²) in [4.78, 5) is 15.3. The number of hydrogen-bond donors (Lipinski definition) is 1. The van der Waals surface area contributed by atoms with E-state index in [2.05, 4.69) is 25.2 Å². The summed E-state index contributed by atoms with van der Waals surface area (Å²) in [7, 11) is 5.04. The maximum absolute atomic E-state index is 11.2. The van der Waals surface area contributed by atoms with Crippen LogP contribution in [0.5, 0.6) is 0 Å². The zero-order chi connectivity index (χ0) is 14.5. The minimum atomic E-state index is -0.514. The number of nitrogens with zero attached hydrogens (tertiary/aromatic N) is 4. The summed E-state index contributed by atoms with van der Waals surface area (Å²) in [6.07, 6.45) is 1.28. The molecule has 0 aliphatic rings. The van der Waals surface area contributed by atoms with Crippen LogP contribution in [-0.2, 0) is 24.1 Å². The lowest BCUT2D eigenvalue weighted by atomic mass is 10.5. The number of thioether (sulfide) groups is 1. The van der Waals surface area contributed by atoms with Crippen molar-refractivity contribution in [1.82, 2.24) is 25.1 Å². The van der Waals surface area contributed by atoms with Crippen LogP contribution >= 0.6 is 11.8 Å². The number of hydrogen-bond acceptors (Lipinski definition) is 8. The molecule has 0 atom stereocenters. The Labute approximate surface area is 119 Å². The summed E-state index contributed by atoms with van der Waals surface area (Å²) in [6, 6.07) is 0. The molecule has 0 aliphatic heterocycles. The molecule has 108 valence electrons. The molecule has 0 spiro atoms. The molecule has 9 heteroatoms. The van der Waals surface area contributed by atoms with Gasteiger partial charge in [0, 0.05) is 7.05 Å². The molecule has 8 nitrogen and oxygen atoms in total. The van der Waals surface area contributed by atoms with E-state index >= 15 is 0 Å². The molecule has 0 fully saturated rings. The highest BCUT2D eigenvalue weighted by Crippen LogP contribution is 2.20. The summed E-state index contributed by atoms with van der Waals surface area (Å²) in [5.41, 5.74) is 0.164. The van der Waals surface area contributed by atoms with E-state index in [9.17, 15) is 4.79 Å². The predicted octanol–water partition coefficient (Wildman–Crippen LogP) is 0.601. The van der Waals surface area contributed by atoms with E-state index in [0.717, 1.165) is 11.0 Å². The molecule has 0 unspecified atom stereocenters. The third kappa shape index (κ3) is 3.17. The number of carbonyl (C=O) groups is 1. The summed E-state index contributed by atoms with van der Waals surface area (Å²) in [5, 5.41) is 11.9. The van der Waals surface area contributed by atoms with Crippen LogP contribution in [0.15, 0.2) is 15.8 Å². The maximum Gasteiger partial charge on any atom is 0.360 e. The van der Waals surface area contributed by atoms with E-state index in [0.29, 0.717) is 18.2 Å². The third-order valence-corrected chi connectivity index (χ3v) is 3.54.